The van der Waals surface area contributed by atoms with Crippen LogP contribution >= 0.6 is 0 Å². The monoisotopic (exact) mass is 371 g/mol. The summed E-state index contributed by atoms with van der Waals surface area (Å²) in [5.41, 5.74) is 4.34. The Kier molecular flexibility index (Phi) is 4.76. The average Bonchev–Trinajstić information content (AvgIpc) is 3.20. The Labute approximate surface area is 163 Å². The Morgan fingerprint density at radius 1 is 1.00 bits per heavy atom. The molecule has 0 aliphatic carbocycles. The lowest BCUT2D eigenvalue weighted by molar-refractivity contribution is 0.0942. The summed E-state index contributed by atoms with van der Waals surface area (Å²) in [4.78, 5) is 26.5. The molecule has 2 aromatic heterocycles. The number of nitrogens with zero attached hydrogens (tertiary/aromatic N) is 3. The minimum absolute atomic E-state index is 0.170. The highest BCUT2D eigenvalue weighted by Gasteiger charge is 2.19. The second kappa shape index (κ2) is 7.52. The van der Waals surface area contributed by atoms with Gasteiger partial charge in [0, 0.05) is 20.3 Å². The molecule has 1 amide bonds. The number of amides is 1. The average molecular weight is 371 g/mol. The highest BCUT2D eigenvalue weighted by Crippen LogP contribution is 2.25. The van der Waals surface area contributed by atoms with Gasteiger partial charge in [0.25, 0.3) is 5.91 Å². The molecule has 0 bridgehead atoms. The van der Waals surface area contributed by atoms with Gasteiger partial charge in [-0.25, -0.2) is 9.97 Å². The van der Waals surface area contributed by atoms with Gasteiger partial charge in [0.2, 0.25) is 0 Å². The van der Waals surface area contributed by atoms with E-state index in [1.807, 2.05) is 73.6 Å². The first-order valence-electron chi connectivity index (χ1n) is 9.04. The number of anilines is 1. The molecule has 0 spiro atoms. The van der Waals surface area contributed by atoms with Crippen molar-refractivity contribution < 1.29 is 4.79 Å². The summed E-state index contributed by atoms with van der Waals surface area (Å²) in [6, 6.07) is 19.2. The molecule has 0 radical (unpaired) electrons. The van der Waals surface area contributed by atoms with E-state index < -0.39 is 0 Å². The summed E-state index contributed by atoms with van der Waals surface area (Å²) in [5, 5.41) is 3.14. The number of H-pyrrole nitrogens is 1. The Balaban J connectivity index is 1.66. The molecule has 0 fully saturated rings. The van der Waals surface area contributed by atoms with Crippen LogP contribution in [0.3, 0.4) is 0 Å². The maximum atomic E-state index is 12.9. The SMILES string of the molecule is CN(C)c1ccc(C(=O)NC(c2ccccc2)c2ccc3nc[nH]c3c2)cn1. The van der Waals surface area contributed by atoms with E-state index in [2.05, 4.69) is 20.3 Å². The number of carbonyl (C=O) groups excluding carboxylic acids is 1. The number of pyridine rings is 1. The number of fused-ring (bicyclic) bond motifs is 1. The van der Waals surface area contributed by atoms with Gasteiger partial charge in [-0.15, -0.1) is 0 Å². The third-order valence-corrected chi connectivity index (χ3v) is 4.65. The first-order valence-corrected chi connectivity index (χ1v) is 9.04. The lowest BCUT2D eigenvalue weighted by Gasteiger charge is -2.20. The van der Waals surface area contributed by atoms with E-state index in [0.717, 1.165) is 28.0 Å². The van der Waals surface area contributed by atoms with Crippen molar-refractivity contribution in [1.82, 2.24) is 20.3 Å². The van der Waals surface area contributed by atoms with E-state index >= 15 is 0 Å². The molecule has 6 heteroatoms. The van der Waals surface area contributed by atoms with Crippen molar-refractivity contribution in [2.24, 2.45) is 0 Å². The van der Waals surface area contributed by atoms with Crippen LogP contribution in [-0.4, -0.2) is 35.0 Å². The smallest absolute Gasteiger partial charge is 0.253 e. The molecule has 1 atom stereocenters. The number of nitrogens with one attached hydrogen (secondary N) is 2. The maximum absolute atomic E-state index is 12.9. The van der Waals surface area contributed by atoms with Gasteiger partial charge >= 0.3 is 0 Å². The topological polar surface area (TPSA) is 73.9 Å². The Morgan fingerprint density at radius 3 is 2.54 bits per heavy atom. The van der Waals surface area contributed by atoms with Crippen LogP contribution in [0.25, 0.3) is 11.0 Å². The standard InChI is InChI=1S/C22H21N5O/c1-27(2)20-11-9-17(13-23-20)22(28)26-21(15-6-4-3-5-7-15)16-8-10-18-19(12-16)25-14-24-18/h3-14,21H,1-2H3,(H,24,25)(H,26,28). The van der Waals surface area contributed by atoms with Crippen LogP contribution in [-0.2, 0) is 0 Å². The predicted molar refractivity (Wildman–Crippen MR) is 110 cm³/mol. The van der Waals surface area contributed by atoms with Gasteiger partial charge in [0.05, 0.1) is 29.0 Å². The quantitative estimate of drug-likeness (QED) is 0.563. The third-order valence-electron chi connectivity index (χ3n) is 4.65. The van der Waals surface area contributed by atoms with E-state index in [0.29, 0.717) is 5.56 Å². The second-order valence-electron chi connectivity index (χ2n) is 6.80. The molecule has 1 unspecified atom stereocenters. The number of hydrogen-bond acceptors (Lipinski definition) is 4. The molecule has 0 aliphatic heterocycles. The fourth-order valence-corrected chi connectivity index (χ4v) is 3.14. The molecule has 6 nitrogen and oxygen atoms in total. The lowest BCUT2D eigenvalue weighted by Crippen LogP contribution is -2.29. The second-order valence-corrected chi connectivity index (χ2v) is 6.80. The van der Waals surface area contributed by atoms with Crippen LogP contribution in [0.5, 0.6) is 0 Å². The van der Waals surface area contributed by atoms with Crippen molar-refractivity contribution in [2.45, 2.75) is 6.04 Å². The van der Waals surface area contributed by atoms with Gasteiger partial charge in [-0.05, 0) is 35.4 Å². The fraction of sp³-hybridized carbons (Fsp3) is 0.136. The molecule has 2 N–H and O–H groups in total. The van der Waals surface area contributed by atoms with Crippen molar-refractivity contribution in [2.75, 3.05) is 19.0 Å². The first-order chi connectivity index (χ1) is 13.6. The van der Waals surface area contributed by atoms with E-state index in [1.165, 1.54) is 0 Å². The van der Waals surface area contributed by atoms with Crippen molar-refractivity contribution >= 4 is 22.8 Å². The zero-order chi connectivity index (χ0) is 19.5. The third kappa shape index (κ3) is 3.57. The normalized spacial score (nSPS) is 11.9. The summed E-state index contributed by atoms with van der Waals surface area (Å²) in [5.74, 6) is 0.636. The zero-order valence-electron chi connectivity index (χ0n) is 15.8. The fourth-order valence-electron chi connectivity index (χ4n) is 3.14. The molecule has 2 aromatic carbocycles. The minimum Gasteiger partial charge on any atom is -0.363 e. The number of aromatic nitrogens is 3. The van der Waals surface area contributed by atoms with Crippen LogP contribution in [0.2, 0.25) is 0 Å². The maximum Gasteiger partial charge on any atom is 0.253 e. The number of carbonyl (C=O) groups is 1. The Morgan fingerprint density at radius 2 is 1.82 bits per heavy atom. The molecule has 28 heavy (non-hydrogen) atoms. The Bertz CT molecular complexity index is 1090. The molecular formula is C22H21N5O. The lowest BCUT2D eigenvalue weighted by atomic mass is 9.98. The van der Waals surface area contributed by atoms with E-state index in [1.54, 1.807) is 18.6 Å². The summed E-state index contributed by atoms with van der Waals surface area (Å²) < 4.78 is 0. The van der Waals surface area contributed by atoms with Gasteiger partial charge in [0.15, 0.2) is 0 Å². The van der Waals surface area contributed by atoms with Gasteiger partial charge in [-0.3, -0.25) is 4.79 Å². The number of imidazole rings is 1. The molecule has 140 valence electrons. The number of rotatable bonds is 5. The van der Waals surface area contributed by atoms with E-state index in [4.69, 9.17) is 0 Å². The number of hydrogen-bond donors (Lipinski definition) is 2. The van der Waals surface area contributed by atoms with Crippen LogP contribution in [0.1, 0.15) is 27.5 Å². The van der Waals surface area contributed by atoms with E-state index in [9.17, 15) is 4.79 Å². The molecule has 4 aromatic rings. The van der Waals surface area contributed by atoms with Gasteiger partial charge < -0.3 is 15.2 Å². The molecule has 0 saturated heterocycles. The first kappa shape index (κ1) is 17.7. The minimum atomic E-state index is -0.282. The summed E-state index contributed by atoms with van der Waals surface area (Å²) in [6.07, 6.45) is 3.27. The van der Waals surface area contributed by atoms with Gasteiger partial charge in [-0.1, -0.05) is 36.4 Å². The largest absolute Gasteiger partial charge is 0.363 e. The van der Waals surface area contributed by atoms with Crippen molar-refractivity contribution in [3.05, 3.63) is 89.9 Å². The van der Waals surface area contributed by atoms with Crippen molar-refractivity contribution in [1.29, 1.82) is 0 Å². The number of aromatic amines is 1. The van der Waals surface area contributed by atoms with Crippen LogP contribution < -0.4 is 10.2 Å². The zero-order valence-corrected chi connectivity index (χ0v) is 15.8. The molecule has 2 heterocycles. The molecule has 0 saturated carbocycles. The predicted octanol–water partition coefficient (Wildman–Crippen LogP) is 3.54. The van der Waals surface area contributed by atoms with E-state index in [-0.39, 0.29) is 11.9 Å². The molecular weight excluding hydrogens is 350 g/mol. The van der Waals surface area contributed by atoms with Crippen LogP contribution in [0.15, 0.2) is 73.2 Å². The van der Waals surface area contributed by atoms with Crippen LogP contribution in [0, 0.1) is 0 Å². The summed E-state index contributed by atoms with van der Waals surface area (Å²) in [7, 11) is 3.83. The highest BCUT2D eigenvalue weighted by atomic mass is 16.1. The van der Waals surface area contributed by atoms with Crippen molar-refractivity contribution in [3.63, 3.8) is 0 Å². The van der Waals surface area contributed by atoms with Crippen LogP contribution in [0.4, 0.5) is 5.82 Å². The highest BCUT2D eigenvalue weighted by molar-refractivity contribution is 5.94. The Hall–Kier alpha value is -3.67. The van der Waals surface area contributed by atoms with Crippen molar-refractivity contribution in [3.8, 4) is 0 Å². The molecule has 4 rings (SSSR count). The summed E-state index contributed by atoms with van der Waals surface area (Å²) in [6.45, 7) is 0. The van der Waals surface area contributed by atoms with Gasteiger partial charge in [-0.2, -0.15) is 0 Å². The van der Waals surface area contributed by atoms with Gasteiger partial charge in [0.1, 0.15) is 5.82 Å². The molecule has 0 aliphatic rings. The number of benzene rings is 2. The summed E-state index contributed by atoms with van der Waals surface area (Å²) >= 11 is 0.